The third-order valence-electron chi connectivity index (χ3n) is 24.7. The molecule has 36 nitrogen and oxygen atoms in total. The number of alkyl halides is 12. The number of hydrogen-bond donors (Lipinski definition) is 11. The van der Waals surface area contributed by atoms with Crippen molar-refractivity contribution in [3.63, 3.8) is 0 Å². The Morgan fingerprint density at radius 3 is 0.959 bits per heavy atom. The largest absolute Gasteiger partial charge is 0.444 e. The molecule has 17 N–H and O–H groups in total. The minimum atomic E-state index is -4.56. The van der Waals surface area contributed by atoms with Crippen LogP contribution in [0.3, 0.4) is 0 Å². The Kier molecular flexibility index (Phi) is 28.6. The maximum absolute atomic E-state index is 13.1. The quantitative estimate of drug-likeness (QED) is 0.0316. The number of anilines is 10. The van der Waals surface area contributed by atoms with Gasteiger partial charge in [0, 0.05) is 102 Å². The molecule has 16 aromatic rings. The van der Waals surface area contributed by atoms with Crippen molar-refractivity contribution in [2.45, 2.75) is 114 Å². The second-order valence-electron chi connectivity index (χ2n) is 36.0. The summed E-state index contributed by atoms with van der Waals surface area (Å²) in [6, 6.07) is 44.5. The molecular weight excluding hydrogens is 1930 g/mol. The van der Waals surface area contributed by atoms with E-state index in [0.29, 0.717) is 164 Å². The monoisotopic (exact) mass is 2030 g/mol. The van der Waals surface area contributed by atoms with E-state index in [1.807, 2.05) is 66.5 Å². The number of aromatic nitrogens is 16. The van der Waals surface area contributed by atoms with Gasteiger partial charge in [-0.2, -0.15) is 73.1 Å². The van der Waals surface area contributed by atoms with E-state index in [0.717, 1.165) is 91.2 Å². The van der Waals surface area contributed by atoms with Crippen LogP contribution in [-0.4, -0.2) is 182 Å². The Labute approximate surface area is 827 Å². The van der Waals surface area contributed by atoms with Gasteiger partial charge in [0.25, 0.3) is 0 Å². The van der Waals surface area contributed by atoms with Gasteiger partial charge < -0.3 is 80.4 Å². The number of carbonyl (C=O) groups is 5. The molecule has 7 amide bonds. The smallest absolute Gasteiger partial charge is 0.416 e. The molecule has 760 valence electrons. The summed E-state index contributed by atoms with van der Waals surface area (Å²) in [5.41, 5.74) is 42.9. The molecule has 4 atom stereocenters. The summed E-state index contributed by atoms with van der Waals surface area (Å²) in [7, 11) is 0. The van der Waals surface area contributed by atoms with Gasteiger partial charge in [0.1, 0.15) is 77.0 Å². The van der Waals surface area contributed by atoms with Crippen molar-refractivity contribution >= 4 is 131 Å². The van der Waals surface area contributed by atoms with Gasteiger partial charge in [0.05, 0.1) is 80.8 Å². The highest BCUT2D eigenvalue weighted by molar-refractivity contribution is 6.04. The van der Waals surface area contributed by atoms with Crippen molar-refractivity contribution in [2.75, 3.05) is 108 Å². The molecule has 4 aliphatic heterocycles. The first kappa shape index (κ1) is 101. The standard InChI is InChI=1S/C32H26F6N8O2.C24H22F3N7O.C23H21F3N8O.C20H25N7O2/c33-31(34,35)20-4-1-3-18(13-20)14-25(47)45-12-11-24(16-45)46-29-26(28(39)40-17-41-29)27(44-46)19-7-9-22(10-8-19)42-30(48)43-23-6-2-5-21(15-23)32(36,37)38;25-24(26,27)16-3-1-2-14(10-16)11-19(35)33-9-8-18(12-33)34-23-20(22(29)30-13-31-23)21(32-34)15-4-6-17(28)7-5-15;24-23(25,26)14-2-1-3-16(10-14)32-22(35)31-15-6-4-13(5-7-15)19-18-20(27)29-12-30-21(18)34(33-19)17-8-9-28-11-17;1-20(2,3)29-19(28)26-9-8-14(10-26)27-18-15(17(22)23-11-24-18)16(25-27)12-4-6-13(21)7-5-12/h1-10,13,15,17,24H,11-12,14,16H2,(H2,39,40,41)(H2,42,43,48);1-7,10,13,18H,8-9,11-12,28H2,(H2,29,30,31);1-7,10,12,17,28H,8-9,11H2,(H2,27,29,30)(H2,31,32,35);4-7,11,14H,8-10,21H2,1-3H3,(H2,22,23,24)/t24-;18-;17-;14-/m1111/s1. The molecule has 12 heterocycles. The third-order valence-corrected chi connectivity index (χ3v) is 24.7. The molecule has 4 saturated heterocycles. The van der Waals surface area contributed by atoms with Crippen LogP contribution in [0.4, 0.5) is 124 Å². The summed E-state index contributed by atoms with van der Waals surface area (Å²) in [5.74, 6) is 0.599. The van der Waals surface area contributed by atoms with Crippen LogP contribution >= 0.6 is 0 Å². The molecular formula is C99H94F12N30O6. The molecule has 147 heavy (non-hydrogen) atoms. The SMILES string of the molecule is CC(C)(C)OC(=O)N1CC[C@@H](n2nc(-c3ccc(N)cc3)c3c(N)ncnc32)C1.Nc1ccc(-c2nn([C@@H]3CCN(C(=O)Cc4cccc(C(F)(F)F)c4)C3)c3ncnc(N)c23)cc1.Nc1ncnc2c1c(-c1ccc(NC(=O)Nc3cccc(C(F)(F)F)c3)cc1)nn2[C@@H]1CCN(C(=O)Cc2cccc(C(F)(F)F)c2)C1.Nc1ncnc2c1c(-c1ccc(NC(=O)Nc3cccc(C(F)(F)F)c3)cc1)nn2[C@@H]1CCNC1. The van der Waals surface area contributed by atoms with E-state index >= 15 is 0 Å². The van der Waals surface area contributed by atoms with Crippen LogP contribution in [0.25, 0.3) is 89.2 Å². The summed E-state index contributed by atoms with van der Waals surface area (Å²) in [6.07, 6.45) is -10.3. The van der Waals surface area contributed by atoms with E-state index in [9.17, 15) is 76.7 Å². The van der Waals surface area contributed by atoms with Crippen LogP contribution in [0.15, 0.2) is 219 Å². The second-order valence-corrected chi connectivity index (χ2v) is 36.0. The Hall–Kier alpha value is -17.4. The molecule has 0 saturated carbocycles. The normalized spacial score (nSPS) is 16.0. The number of ether oxygens (including phenoxy) is 1. The topological polar surface area (TPSA) is 495 Å². The number of benzene rings is 8. The number of urea groups is 2. The van der Waals surface area contributed by atoms with Crippen LogP contribution in [0.1, 0.15) is 104 Å². The molecule has 4 fully saturated rings. The zero-order valence-electron chi connectivity index (χ0n) is 78.4. The Bertz CT molecular complexity index is 7580. The average molecular weight is 2030 g/mol. The zero-order chi connectivity index (χ0) is 104. The zero-order valence-corrected chi connectivity index (χ0v) is 78.4. The Balaban J connectivity index is 0.000000136. The second kappa shape index (κ2) is 41.5. The molecule has 0 unspecified atom stereocenters. The predicted molar refractivity (Wildman–Crippen MR) is 526 cm³/mol. The van der Waals surface area contributed by atoms with Gasteiger partial charge in [-0.1, -0.05) is 97.1 Å². The predicted octanol–water partition coefficient (Wildman–Crippen LogP) is 17.6. The van der Waals surface area contributed by atoms with Crippen molar-refractivity contribution in [1.82, 2.24) is 99.0 Å². The Morgan fingerprint density at radius 2 is 0.646 bits per heavy atom. The lowest BCUT2D eigenvalue weighted by Gasteiger charge is -2.24. The highest BCUT2D eigenvalue weighted by Gasteiger charge is 2.40. The molecule has 8 aromatic carbocycles. The lowest BCUT2D eigenvalue weighted by molar-refractivity contribution is -0.138. The molecule has 48 heteroatoms. The maximum Gasteiger partial charge on any atom is 0.416 e. The average Bonchev–Trinajstić information content (AvgIpc) is 1.60. The van der Waals surface area contributed by atoms with Gasteiger partial charge >= 0.3 is 42.9 Å². The summed E-state index contributed by atoms with van der Waals surface area (Å²) in [5, 5.41) is 34.9. The number of rotatable bonds is 16. The number of nitrogen functional groups attached to an aromatic ring is 6. The first-order valence-corrected chi connectivity index (χ1v) is 45.9. The van der Waals surface area contributed by atoms with E-state index in [1.54, 1.807) is 84.7 Å². The van der Waals surface area contributed by atoms with Gasteiger partial charge in [-0.05, 0) is 161 Å². The highest BCUT2D eigenvalue weighted by Crippen LogP contribution is 2.43. The third kappa shape index (κ3) is 23.3. The van der Waals surface area contributed by atoms with Crippen molar-refractivity contribution in [2.24, 2.45) is 0 Å². The van der Waals surface area contributed by atoms with Crippen molar-refractivity contribution in [3.8, 4) is 45.0 Å². The van der Waals surface area contributed by atoms with Crippen molar-refractivity contribution < 1.29 is 81.4 Å². The molecule has 0 radical (unpaired) electrons. The number of nitrogens with one attached hydrogen (secondary N) is 5. The lowest BCUT2D eigenvalue weighted by atomic mass is 10.1. The number of nitrogens with zero attached hydrogens (tertiary/aromatic N) is 19. The van der Waals surface area contributed by atoms with Crippen LogP contribution in [0, 0.1) is 0 Å². The fourth-order valence-corrected chi connectivity index (χ4v) is 17.6. The first-order valence-electron chi connectivity index (χ1n) is 45.9. The molecule has 8 aromatic heterocycles. The van der Waals surface area contributed by atoms with Crippen LogP contribution in [0.2, 0.25) is 0 Å². The summed E-state index contributed by atoms with van der Waals surface area (Å²) < 4.78 is 169. The lowest BCUT2D eigenvalue weighted by Crippen LogP contribution is -2.35. The van der Waals surface area contributed by atoms with Gasteiger partial charge in [0.2, 0.25) is 11.8 Å². The number of halogens is 12. The minimum Gasteiger partial charge on any atom is -0.444 e. The van der Waals surface area contributed by atoms with Crippen molar-refractivity contribution in [3.05, 3.63) is 253 Å². The number of hydrogen-bond acceptors (Lipinski definition) is 25. The summed E-state index contributed by atoms with van der Waals surface area (Å²) in [6.45, 7) is 9.78. The van der Waals surface area contributed by atoms with Gasteiger partial charge in [-0.25, -0.2) is 73.0 Å². The molecule has 0 spiro atoms. The number of fused-ring (bicyclic) bond motifs is 4. The molecule has 0 aliphatic carbocycles. The summed E-state index contributed by atoms with van der Waals surface area (Å²) in [4.78, 5) is 102. The fraction of sp³-hybridized carbons (Fsp3) is 0.263. The van der Waals surface area contributed by atoms with Crippen LogP contribution in [-0.2, 0) is 51.9 Å². The van der Waals surface area contributed by atoms with E-state index in [2.05, 4.69) is 66.5 Å². The molecule has 4 aliphatic rings. The van der Waals surface area contributed by atoms with E-state index in [1.165, 1.54) is 73.8 Å². The number of amides is 7. The fourth-order valence-electron chi connectivity index (χ4n) is 17.6. The Morgan fingerprint density at radius 1 is 0.354 bits per heavy atom. The highest BCUT2D eigenvalue weighted by atomic mass is 19.4. The maximum atomic E-state index is 13.1. The van der Waals surface area contributed by atoms with Gasteiger partial charge in [-0.3, -0.25) is 9.59 Å². The number of nitrogens with two attached hydrogens (primary N) is 6. The molecule has 0 bridgehead atoms. The number of carbonyl (C=O) groups excluding carboxylic acids is 5. The van der Waals surface area contributed by atoms with E-state index in [4.69, 9.17) is 59.5 Å². The minimum absolute atomic E-state index is 0.0261. The van der Waals surface area contributed by atoms with E-state index in [-0.39, 0.29) is 84.2 Å². The van der Waals surface area contributed by atoms with Crippen LogP contribution in [0.5, 0.6) is 0 Å². The molecule has 20 rings (SSSR count). The van der Waals surface area contributed by atoms with Crippen molar-refractivity contribution in [1.29, 1.82) is 0 Å². The van der Waals surface area contributed by atoms with Crippen LogP contribution < -0.4 is 61.0 Å². The first-order chi connectivity index (χ1) is 70.0. The number of likely N-dealkylation sites (tertiary alicyclic amines) is 3. The van der Waals surface area contributed by atoms with Gasteiger partial charge in [-0.15, -0.1) is 0 Å². The van der Waals surface area contributed by atoms with Gasteiger partial charge in [0.15, 0.2) is 22.6 Å². The van der Waals surface area contributed by atoms with E-state index < -0.39 is 64.6 Å². The summed E-state index contributed by atoms with van der Waals surface area (Å²) >= 11 is 0.